The lowest BCUT2D eigenvalue weighted by atomic mass is 10.1. The molecule has 3 aromatic rings. The summed E-state index contributed by atoms with van der Waals surface area (Å²) in [4.78, 5) is 26.6. The number of nitrogens with one attached hydrogen (secondary N) is 2. The van der Waals surface area contributed by atoms with Crippen molar-refractivity contribution in [3.63, 3.8) is 0 Å². The minimum Gasteiger partial charge on any atom is -0.348 e. The van der Waals surface area contributed by atoms with Crippen LogP contribution in [0.25, 0.3) is 0 Å². The summed E-state index contributed by atoms with van der Waals surface area (Å²) < 4.78 is 13.9. The molecule has 4 rings (SSSR count). The molecule has 1 aliphatic carbocycles. The Morgan fingerprint density at radius 2 is 1.71 bits per heavy atom. The minimum atomic E-state index is -0.584. The summed E-state index contributed by atoms with van der Waals surface area (Å²) >= 11 is 1.41. The van der Waals surface area contributed by atoms with Crippen LogP contribution in [0.5, 0.6) is 0 Å². The largest absolute Gasteiger partial charge is 0.348 e. The molecule has 4 nitrogen and oxygen atoms in total. The molecule has 1 aromatic heterocycles. The van der Waals surface area contributed by atoms with E-state index in [1.54, 1.807) is 6.07 Å². The number of amides is 2. The molecule has 0 saturated heterocycles. The van der Waals surface area contributed by atoms with Gasteiger partial charge in [-0.1, -0.05) is 42.5 Å². The second kappa shape index (κ2) is 7.94. The van der Waals surface area contributed by atoms with Crippen molar-refractivity contribution in [3.8, 4) is 0 Å². The van der Waals surface area contributed by atoms with Crippen molar-refractivity contribution in [2.75, 3.05) is 5.32 Å². The van der Waals surface area contributed by atoms with E-state index in [0.29, 0.717) is 17.1 Å². The highest BCUT2D eigenvalue weighted by atomic mass is 32.1. The SMILES string of the molecule is O=C(Nc1sc2c(c1C(=O)NCc1ccccc1)CCC2)c1ccccc1F. The molecule has 28 heavy (non-hydrogen) atoms. The van der Waals surface area contributed by atoms with Gasteiger partial charge in [0.15, 0.2) is 0 Å². The Morgan fingerprint density at radius 1 is 0.964 bits per heavy atom. The number of anilines is 1. The normalized spacial score (nSPS) is 12.5. The second-order valence-electron chi connectivity index (χ2n) is 6.66. The zero-order valence-corrected chi connectivity index (χ0v) is 15.9. The van der Waals surface area contributed by atoms with E-state index in [1.807, 2.05) is 30.3 Å². The van der Waals surface area contributed by atoms with Gasteiger partial charge in [-0.05, 0) is 42.5 Å². The van der Waals surface area contributed by atoms with Crippen molar-refractivity contribution in [2.45, 2.75) is 25.8 Å². The van der Waals surface area contributed by atoms with Gasteiger partial charge in [-0.3, -0.25) is 9.59 Å². The molecule has 0 radical (unpaired) electrons. The third kappa shape index (κ3) is 3.68. The van der Waals surface area contributed by atoms with Gasteiger partial charge in [0.05, 0.1) is 11.1 Å². The predicted octanol–water partition coefficient (Wildman–Crippen LogP) is 4.56. The molecule has 1 heterocycles. The van der Waals surface area contributed by atoms with Gasteiger partial charge in [0.25, 0.3) is 11.8 Å². The van der Waals surface area contributed by atoms with Crippen molar-refractivity contribution < 1.29 is 14.0 Å². The first-order valence-corrected chi connectivity index (χ1v) is 9.97. The van der Waals surface area contributed by atoms with Crippen molar-refractivity contribution in [1.29, 1.82) is 0 Å². The lowest BCUT2D eigenvalue weighted by Gasteiger charge is -2.10. The summed E-state index contributed by atoms with van der Waals surface area (Å²) in [5, 5.41) is 6.18. The third-order valence-electron chi connectivity index (χ3n) is 4.79. The molecule has 0 aliphatic heterocycles. The van der Waals surface area contributed by atoms with Gasteiger partial charge in [-0.25, -0.2) is 4.39 Å². The molecule has 0 fully saturated rings. The Labute approximate surface area is 166 Å². The van der Waals surface area contributed by atoms with Crippen LogP contribution in [0.2, 0.25) is 0 Å². The van der Waals surface area contributed by atoms with Gasteiger partial charge >= 0.3 is 0 Å². The van der Waals surface area contributed by atoms with Gasteiger partial charge in [-0.2, -0.15) is 0 Å². The standard InChI is InChI=1S/C22H19FN2O2S/c23-17-11-5-4-9-15(17)20(26)25-22-19(16-10-6-12-18(16)28-22)21(27)24-13-14-7-2-1-3-8-14/h1-5,7-9,11H,6,10,12-13H2,(H,24,27)(H,25,26). The number of thiophene rings is 1. The Bertz CT molecular complexity index is 1030. The Kier molecular flexibility index (Phi) is 5.21. The summed E-state index contributed by atoms with van der Waals surface area (Å²) in [7, 11) is 0. The minimum absolute atomic E-state index is 0.0355. The van der Waals surface area contributed by atoms with Crippen molar-refractivity contribution in [2.24, 2.45) is 0 Å². The molecule has 0 saturated carbocycles. The number of carbonyl (C=O) groups excluding carboxylic acids is 2. The van der Waals surface area contributed by atoms with E-state index in [9.17, 15) is 14.0 Å². The molecule has 0 bridgehead atoms. The van der Waals surface area contributed by atoms with Crippen LogP contribution in [-0.2, 0) is 19.4 Å². The lowest BCUT2D eigenvalue weighted by molar-refractivity contribution is 0.0951. The fraction of sp³-hybridized carbons (Fsp3) is 0.182. The summed E-state index contributed by atoms with van der Waals surface area (Å²) in [6, 6.07) is 15.5. The molecular formula is C22H19FN2O2S. The quantitative estimate of drug-likeness (QED) is 0.667. The topological polar surface area (TPSA) is 58.2 Å². The first-order valence-electron chi connectivity index (χ1n) is 9.16. The highest BCUT2D eigenvalue weighted by Gasteiger charge is 2.28. The number of fused-ring (bicyclic) bond motifs is 1. The average Bonchev–Trinajstić information content (AvgIpc) is 3.28. The maximum absolute atomic E-state index is 13.9. The molecule has 6 heteroatoms. The molecule has 0 spiro atoms. The van der Waals surface area contributed by atoms with Crippen molar-refractivity contribution in [3.05, 3.63) is 87.5 Å². The molecule has 2 N–H and O–H groups in total. The van der Waals surface area contributed by atoms with E-state index >= 15 is 0 Å². The average molecular weight is 394 g/mol. The smallest absolute Gasteiger partial charge is 0.259 e. The fourth-order valence-electron chi connectivity index (χ4n) is 3.41. The van der Waals surface area contributed by atoms with E-state index in [1.165, 1.54) is 29.5 Å². The van der Waals surface area contributed by atoms with Crippen LogP contribution in [0.4, 0.5) is 9.39 Å². The van der Waals surface area contributed by atoms with E-state index in [-0.39, 0.29) is 11.5 Å². The number of hydrogen-bond acceptors (Lipinski definition) is 3. The van der Waals surface area contributed by atoms with Crippen LogP contribution in [0.15, 0.2) is 54.6 Å². The van der Waals surface area contributed by atoms with Crippen LogP contribution in [0.1, 0.15) is 43.1 Å². The summed E-state index contributed by atoms with van der Waals surface area (Å²) in [5.41, 5.74) is 2.48. The first kappa shape index (κ1) is 18.4. The van der Waals surface area contributed by atoms with Gasteiger partial charge in [0, 0.05) is 11.4 Å². The molecular weight excluding hydrogens is 375 g/mol. The monoisotopic (exact) mass is 394 g/mol. The molecule has 2 amide bonds. The predicted molar refractivity (Wildman–Crippen MR) is 108 cm³/mol. The van der Waals surface area contributed by atoms with Crippen LogP contribution in [-0.4, -0.2) is 11.8 Å². The second-order valence-corrected chi connectivity index (χ2v) is 7.77. The molecule has 142 valence electrons. The van der Waals surface area contributed by atoms with E-state index in [4.69, 9.17) is 0 Å². The zero-order chi connectivity index (χ0) is 19.5. The molecule has 2 aromatic carbocycles. The van der Waals surface area contributed by atoms with Gasteiger partial charge in [0.2, 0.25) is 0 Å². The maximum atomic E-state index is 13.9. The fourth-order valence-corrected chi connectivity index (χ4v) is 4.70. The van der Waals surface area contributed by atoms with Crippen molar-refractivity contribution >= 4 is 28.2 Å². The number of aryl methyl sites for hydroxylation is 1. The Morgan fingerprint density at radius 3 is 2.50 bits per heavy atom. The zero-order valence-electron chi connectivity index (χ0n) is 15.1. The van der Waals surface area contributed by atoms with Gasteiger partial charge in [0.1, 0.15) is 10.8 Å². The molecule has 0 atom stereocenters. The number of benzene rings is 2. The number of rotatable bonds is 5. The Hall–Kier alpha value is -2.99. The number of carbonyl (C=O) groups is 2. The maximum Gasteiger partial charge on any atom is 0.259 e. The van der Waals surface area contributed by atoms with E-state index in [0.717, 1.165) is 35.3 Å². The lowest BCUT2D eigenvalue weighted by Crippen LogP contribution is -2.25. The number of halogens is 1. The third-order valence-corrected chi connectivity index (χ3v) is 6.00. The summed E-state index contributed by atoms with van der Waals surface area (Å²) in [6.07, 6.45) is 2.71. The Balaban J connectivity index is 1.57. The van der Waals surface area contributed by atoms with Crippen LogP contribution < -0.4 is 10.6 Å². The van der Waals surface area contributed by atoms with Crippen molar-refractivity contribution in [1.82, 2.24) is 5.32 Å². The van der Waals surface area contributed by atoms with Crippen LogP contribution in [0, 0.1) is 5.82 Å². The summed E-state index contributed by atoms with van der Waals surface area (Å²) in [6.45, 7) is 0.408. The first-order chi connectivity index (χ1) is 13.6. The molecule has 1 aliphatic rings. The van der Waals surface area contributed by atoms with Crippen LogP contribution >= 0.6 is 11.3 Å². The summed E-state index contributed by atoms with van der Waals surface area (Å²) in [5.74, 6) is -1.35. The molecule has 0 unspecified atom stereocenters. The van der Waals surface area contributed by atoms with Gasteiger partial charge < -0.3 is 10.6 Å². The highest BCUT2D eigenvalue weighted by Crippen LogP contribution is 2.39. The highest BCUT2D eigenvalue weighted by molar-refractivity contribution is 7.17. The van der Waals surface area contributed by atoms with Crippen LogP contribution in [0.3, 0.4) is 0 Å². The number of hydrogen-bond donors (Lipinski definition) is 2. The van der Waals surface area contributed by atoms with E-state index in [2.05, 4.69) is 10.6 Å². The van der Waals surface area contributed by atoms with Gasteiger partial charge in [-0.15, -0.1) is 11.3 Å². The van der Waals surface area contributed by atoms with E-state index < -0.39 is 11.7 Å².